The van der Waals surface area contributed by atoms with Crippen LogP contribution in [0, 0.1) is 6.92 Å². The van der Waals surface area contributed by atoms with Crippen molar-refractivity contribution in [3.63, 3.8) is 0 Å². The van der Waals surface area contributed by atoms with Gasteiger partial charge in [-0.3, -0.25) is 0 Å². The fourth-order valence-electron chi connectivity index (χ4n) is 1.13. The molecule has 0 aromatic heterocycles. The fraction of sp³-hybridized carbons (Fsp3) is 0.300. The predicted molar refractivity (Wildman–Crippen MR) is 62.4 cm³/mol. The van der Waals surface area contributed by atoms with Crippen molar-refractivity contribution in [1.29, 1.82) is 0 Å². The number of hydrogen-bond acceptors (Lipinski definition) is 1. The average molecular weight is 305 g/mol. The Labute approximate surface area is 95.6 Å². The van der Waals surface area contributed by atoms with Crippen molar-refractivity contribution in [3.8, 4) is 0 Å². The maximum atomic E-state index is 3.55. The van der Waals surface area contributed by atoms with Crippen LogP contribution in [0.3, 0.4) is 0 Å². The molecule has 3 heteroatoms. The van der Waals surface area contributed by atoms with E-state index in [0.717, 1.165) is 9.01 Å². The van der Waals surface area contributed by atoms with E-state index in [9.17, 15) is 0 Å². The first-order chi connectivity index (χ1) is 6.04. The van der Waals surface area contributed by atoms with E-state index >= 15 is 0 Å². The molecule has 0 aliphatic carbocycles. The molecule has 0 bridgehead atoms. The zero-order valence-corrected chi connectivity index (χ0v) is 11.3. The molecular formula is C10H12BrNSe. The zero-order chi connectivity index (χ0) is 10.0. The molecule has 0 spiro atoms. The van der Waals surface area contributed by atoms with Crippen LogP contribution in [0.1, 0.15) is 11.1 Å². The average Bonchev–Trinajstić information content (AvgIpc) is 2.03. The Hall–Kier alpha value is -0.111. The van der Waals surface area contributed by atoms with Gasteiger partial charge in [-0.05, 0) is 0 Å². The van der Waals surface area contributed by atoms with E-state index in [4.69, 9.17) is 0 Å². The Morgan fingerprint density at radius 1 is 1.38 bits per heavy atom. The van der Waals surface area contributed by atoms with Crippen molar-refractivity contribution in [2.45, 2.75) is 6.92 Å². The molecule has 0 saturated heterocycles. The van der Waals surface area contributed by atoms with Crippen LogP contribution in [-0.4, -0.2) is 39.1 Å². The van der Waals surface area contributed by atoms with Gasteiger partial charge in [0, 0.05) is 0 Å². The van der Waals surface area contributed by atoms with Crippen molar-refractivity contribution in [1.82, 2.24) is 4.90 Å². The Morgan fingerprint density at radius 2 is 2.00 bits per heavy atom. The summed E-state index contributed by atoms with van der Waals surface area (Å²) in [4.78, 5) is 2.08. The van der Waals surface area contributed by atoms with Gasteiger partial charge in [-0.25, -0.2) is 0 Å². The Balaban J connectivity index is 3.20. The van der Waals surface area contributed by atoms with Crippen molar-refractivity contribution in [3.05, 3.63) is 33.8 Å². The molecule has 0 aliphatic heterocycles. The van der Waals surface area contributed by atoms with Gasteiger partial charge in [-0.15, -0.1) is 0 Å². The van der Waals surface area contributed by atoms with E-state index in [1.54, 1.807) is 0 Å². The molecule has 1 aromatic rings. The van der Waals surface area contributed by atoms with E-state index in [-0.39, 0.29) is 0 Å². The second-order valence-corrected chi connectivity index (χ2v) is 4.80. The number of nitrogens with zero attached hydrogens (tertiary/aromatic N) is 1. The molecule has 1 nitrogen and oxygen atoms in total. The van der Waals surface area contributed by atoms with E-state index < -0.39 is 0 Å². The van der Waals surface area contributed by atoms with Crippen LogP contribution in [0.2, 0.25) is 0 Å². The SMILES string of the molecule is Cc1cccc(Br)c1C(=[Se])N(C)C. The van der Waals surface area contributed by atoms with Crippen molar-refractivity contribution in [2.24, 2.45) is 0 Å². The third-order valence-electron chi connectivity index (χ3n) is 1.84. The van der Waals surface area contributed by atoms with Crippen molar-refractivity contribution >= 4 is 36.0 Å². The Kier molecular flexibility index (Phi) is 3.72. The summed E-state index contributed by atoms with van der Waals surface area (Å²) in [6, 6.07) is 6.22. The maximum absolute atomic E-state index is 3.55. The summed E-state index contributed by atoms with van der Waals surface area (Å²) in [5, 5.41) is 0. The van der Waals surface area contributed by atoms with Gasteiger partial charge >= 0.3 is 95.8 Å². The molecule has 0 radical (unpaired) electrons. The van der Waals surface area contributed by atoms with Crippen molar-refractivity contribution < 1.29 is 0 Å². The second-order valence-electron chi connectivity index (χ2n) is 3.13. The van der Waals surface area contributed by atoms with Gasteiger partial charge in [-0.2, -0.15) is 0 Å². The van der Waals surface area contributed by atoms with Gasteiger partial charge in [0.1, 0.15) is 0 Å². The van der Waals surface area contributed by atoms with Crippen LogP contribution in [0.15, 0.2) is 22.7 Å². The van der Waals surface area contributed by atoms with Crippen LogP contribution < -0.4 is 0 Å². The first kappa shape index (κ1) is 11.0. The summed E-state index contributed by atoms with van der Waals surface area (Å²) < 4.78 is 2.29. The summed E-state index contributed by atoms with van der Waals surface area (Å²) in [6.07, 6.45) is 0. The van der Waals surface area contributed by atoms with E-state index in [2.05, 4.69) is 55.5 Å². The third-order valence-corrected chi connectivity index (χ3v) is 3.70. The quantitative estimate of drug-likeness (QED) is 0.755. The standard InChI is InChI=1S/C10H12BrNSe/c1-7-5-4-6-8(11)9(7)10(13)12(2)3/h4-6H,1-3H3. The number of halogens is 1. The van der Waals surface area contributed by atoms with Crippen LogP contribution in [0.25, 0.3) is 0 Å². The molecule has 0 heterocycles. The molecule has 0 amide bonds. The summed E-state index contributed by atoms with van der Waals surface area (Å²) in [5.74, 6) is 0. The monoisotopic (exact) mass is 305 g/mol. The molecule has 0 atom stereocenters. The normalized spacial score (nSPS) is 9.85. The van der Waals surface area contributed by atoms with Crippen LogP contribution in [-0.2, 0) is 0 Å². The Bertz CT molecular complexity index is 313. The molecule has 0 N–H and O–H groups in total. The molecule has 1 aromatic carbocycles. The number of rotatable bonds is 2. The molecular weight excluding hydrogens is 293 g/mol. The topological polar surface area (TPSA) is 3.24 Å². The molecule has 70 valence electrons. The summed E-state index contributed by atoms with van der Waals surface area (Å²) >= 11 is 6.64. The molecule has 0 saturated carbocycles. The molecule has 0 fully saturated rings. The second kappa shape index (κ2) is 4.41. The van der Waals surface area contributed by atoms with E-state index in [1.165, 1.54) is 11.1 Å². The molecule has 0 unspecified atom stereocenters. The van der Waals surface area contributed by atoms with Gasteiger partial charge in [0.2, 0.25) is 0 Å². The number of benzene rings is 1. The van der Waals surface area contributed by atoms with E-state index in [0.29, 0.717) is 0 Å². The van der Waals surface area contributed by atoms with Gasteiger partial charge in [-0.1, -0.05) is 0 Å². The number of hydrogen-bond donors (Lipinski definition) is 0. The van der Waals surface area contributed by atoms with E-state index in [1.807, 2.05) is 20.2 Å². The van der Waals surface area contributed by atoms with Gasteiger partial charge in [0.25, 0.3) is 0 Å². The van der Waals surface area contributed by atoms with Crippen molar-refractivity contribution in [2.75, 3.05) is 14.1 Å². The van der Waals surface area contributed by atoms with Gasteiger partial charge in [0.15, 0.2) is 0 Å². The van der Waals surface area contributed by atoms with Crippen LogP contribution in [0.4, 0.5) is 0 Å². The molecule has 13 heavy (non-hydrogen) atoms. The Morgan fingerprint density at radius 3 is 2.46 bits per heavy atom. The van der Waals surface area contributed by atoms with Crippen LogP contribution in [0.5, 0.6) is 0 Å². The summed E-state index contributed by atoms with van der Waals surface area (Å²) in [5.41, 5.74) is 2.52. The van der Waals surface area contributed by atoms with Gasteiger partial charge < -0.3 is 0 Å². The predicted octanol–water partition coefficient (Wildman–Crippen LogP) is 1.97. The third kappa shape index (κ3) is 2.43. The molecule has 0 aliphatic rings. The van der Waals surface area contributed by atoms with Gasteiger partial charge in [0.05, 0.1) is 0 Å². The summed E-state index contributed by atoms with van der Waals surface area (Å²) in [6.45, 7) is 2.11. The minimum absolute atomic E-state index is 1.13. The minimum atomic E-state index is 1.13. The fourth-order valence-corrected chi connectivity index (χ4v) is 2.64. The first-order valence-electron chi connectivity index (χ1n) is 4.01. The number of aryl methyl sites for hydroxylation is 1. The zero-order valence-electron chi connectivity index (χ0n) is 7.97. The van der Waals surface area contributed by atoms with Crippen LogP contribution >= 0.6 is 15.9 Å². The first-order valence-corrected chi connectivity index (χ1v) is 5.65. The molecule has 1 rings (SSSR count). The summed E-state index contributed by atoms with van der Waals surface area (Å²) in [7, 11) is 4.06.